The van der Waals surface area contributed by atoms with E-state index >= 15 is 0 Å². The van der Waals surface area contributed by atoms with Gasteiger partial charge in [0.2, 0.25) is 0 Å². The van der Waals surface area contributed by atoms with E-state index in [1.807, 2.05) is 25.3 Å². The molecule has 106 valence electrons. The third-order valence-corrected chi connectivity index (χ3v) is 3.80. The molecule has 0 atom stereocenters. The van der Waals surface area contributed by atoms with E-state index in [1.165, 1.54) is 16.7 Å². The van der Waals surface area contributed by atoms with Crippen LogP contribution < -0.4 is 5.32 Å². The minimum atomic E-state index is 0.330. The normalized spacial score (nSPS) is 14.6. The van der Waals surface area contributed by atoms with Gasteiger partial charge in [-0.3, -0.25) is 0 Å². The Morgan fingerprint density at radius 2 is 1.81 bits per heavy atom. The van der Waals surface area contributed by atoms with Crippen LogP contribution in [-0.4, -0.2) is 18.7 Å². The predicted molar refractivity (Wildman–Crippen MR) is 89.1 cm³/mol. The summed E-state index contributed by atoms with van der Waals surface area (Å²) in [6.45, 7) is 0.938. The van der Waals surface area contributed by atoms with Crippen molar-refractivity contribution in [2.24, 2.45) is 0 Å². The van der Waals surface area contributed by atoms with Crippen molar-refractivity contribution in [1.29, 1.82) is 0 Å². The van der Waals surface area contributed by atoms with Crippen LogP contribution >= 0.6 is 0 Å². The highest BCUT2D eigenvalue weighted by molar-refractivity contribution is 5.94. The van der Waals surface area contributed by atoms with Crippen LogP contribution in [0.25, 0.3) is 17.7 Å². The fourth-order valence-corrected chi connectivity index (χ4v) is 2.75. The van der Waals surface area contributed by atoms with Crippen LogP contribution in [0.3, 0.4) is 0 Å². The molecule has 0 unspecified atom stereocenters. The summed E-state index contributed by atoms with van der Waals surface area (Å²) in [4.78, 5) is 0. The molecule has 0 spiro atoms. The molecule has 0 radical (unpaired) electrons. The molecule has 2 aromatic rings. The second-order valence-corrected chi connectivity index (χ2v) is 5.17. The van der Waals surface area contributed by atoms with Crippen LogP contribution in [0.2, 0.25) is 0 Å². The first kappa shape index (κ1) is 13.7. The van der Waals surface area contributed by atoms with Crippen molar-refractivity contribution in [3.05, 3.63) is 70.8 Å². The van der Waals surface area contributed by atoms with Gasteiger partial charge in [-0.2, -0.15) is 0 Å². The van der Waals surface area contributed by atoms with Crippen molar-refractivity contribution in [3.63, 3.8) is 0 Å². The summed E-state index contributed by atoms with van der Waals surface area (Å²) in [5.41, 5.74) is 5.58. The number of fused-ring (bicyclic) bond motifs is 2. The maximum Gasteiger partial charge on any atom is 0.123 e. The summed E-state index contributed by atoms with van der Waals surface area (Å²) in [6, 6.07) is 14.1. The average Bonchev–Trinajstić information content (AvgIpc) is 2.66. The maximum absolute atomic E-state index is 10.2. The molecule has 2 heteroatoms. The Morgan fingerprint density at radius 1 is 1.00 bits per heavy atom. The topological polar surface area (TPSA) is 32.3 Å². The van der Waals surface area contributed by atoms with Gasteiger partial charge in [-0.15, -0.1) is 0 Å². The first-order valence-corrected chi connectivity index (χ1v) is 7.26. The summed E-state index contributed by atoms with van der Waals surface area (Å²) < 4.78 is 0. The zero-order chi connectivity index (χ0) is 14.7. The third-order valence-electron chi connectivity index (χ3n) is 3.80. The number of phenols is 1. The average molecular weight is 277 g/mol. The molecule has 2 N–H and O–H groups in total. The zero-order valence-electron chi connectivity index (χ0n) is 12.1. The third kappa shape index (κ3) is 2.63. The number of rotatable bonds is 3. The first-order chi connectivity index (χ1) is 10.3. The Labute approximate surface area is 125 Å². The molecular formula is C19H19NO. The van der Waals surface area contributed by atoms with E-state index in [0.29, 0.717) is 5.75 Å². The lowest BCUT2D eigenvalue weighted by Crippen LogP contribution is -2.06. The van der Waals surface area contributed by atoms with Crippen molar-refractivity contribution in [1.82, 2.24) is 5.32 Å². The standard InChI is InChI=1S/C19H19NO/c1-20-13-5-9-16-15-7-3-2-6-14(15)11-12-18-17(16)8-4-10-19(18)21/h2-4,6-12,20-21H,5,13H2,1H3/b16-9+. The van der Waals surface area contributed by atoms with E-state index in [-0.39, 0.29) is 0 Å². The Morgan fingerprint density at radius 3 is 2.67 bits per heavy atom. The summed E-state index contributed by atoms with van der Waals surface area (Å²) in [5.74, 6) is 0.330. The largest absolute Gasteiger partial charge is 0.507 e. The number of nitrogens with one attached hydrogen (secondary N) is 1. The lowest BCUT2D eigenvalue weighted by atomic mass is 9.92. The number of phenolic OH excluding ortho intramolecular Hbond substituents is 1. The SMILES string of the molecule is CNCC/C=C1\c2ccccc2C=Cc2c(O)cccc21. The van der Waals surface area contributed by atoms with E-state index in [9.17, 15) is 5.11 Å². The van der Waals surface area contributed by atoms with Crippen molar-refractivity contribution in [3.8, 4) is 5.75 Å². The van der Waals surface area contributed by atoms with Crippen LogP contribution in [0.5, 0.6) is 5.75 Å². The first-order valence-electron chi connectivity index (χ1n) is 7.26. The van der Waals surface area contributed by atoms with Gasteiger partial charge < -0.3 is 10.4 Å². The van der Waals surface area contributed by atoms with Gasteiger partial charge in [-0.05, 0) is 48.3 Å². The van der Waals surface area contributed by atoms with Gasteiger partial charge in [-0.25, -0.2) is 0 Å². The molecule has 0 bridgehead atoms. The molecule has 0 saturated carbocycles. The Bertz CT molecular complexity index is 713. The van der Waals surface area contributed by atoms with E-state index in [0.717, 1.165) is 24.1 Å². The molecule has 0 aromatic heterocycles. The number of aromatic hydroxyl groups is 1. The molecule has 1 aliphatic carbocycles. The van der Waals surface area contributed by atoms with Gasteiger partial charge in [0.15, 0.2) is 0 Å². The predicted octanol–water partition coefficient (Wildman–Crippen LogP) is 3.92. The minimum absolute atomic E-state index is 0.330. The van der Waals surface area contributed by atoms with Gasteiger partial charge in [-0.1, -0.05) is 54.6 Å². The minimum Gasteiger partial charge on any atom is -0.507 e. The van der Waals surface area contributed by atoms with Crippen LogP contribution in [0, 0.1) is 0 Å². The lowest BCUT2D eigenvalue weighted by molar-refractivity contribution is 0.474. The quantitative estimate of drug-likeness (QED) is 0.711. The maximum atomic E-state index is 10.2. The van der Waals surface area contributed by atoms with Gasteiger partial charge >= 0.3 is 0 Å². The lowest BCUT2D eigenvalue weighted by Gasteiger charge is -2.13. The molecule has 0 fully saturated rings. The molecule has 0 aliphatic heterocycles. The second kappa shape index (κ2) is 5.98. The Hall–Kier alpha value is -2.32. The second-order valence-electron chi connectivity index (χ2n) is 5.17. The number of benzene rings is 2. The van der Waals surface area contributed by atoms with Crippen LogP contribution in [0.4, 0.5) is 0 Å². The molecule has 1 aliphatic rings. The summed E-state index contributed by atoms with van der Waals surface area (Å²) in [7, 11) is 1.96. The van der Waals surface area contributed by atoms with E-state index in [2.05, 4.69) is 41.7 Å². The molecule has 0 amide bonds. The van der Waals surface area contributed by atoms with E-state index in [1.54, 1.807) is 6.07 Å². The Kier molecular flexibility index (Phi) is 3.89. The monoisotopic (exact) mass is 277 g/mol. The van der Waals surface area contributed by atoms with Crippen molar-refractivity contribution in [2.75, 3.05) is 13.6 Å². The van der Waals surface area contributed by atoms with Gasteiger partial charge in [0.05, 0.1) is 0 Å². The van der Waals surface area contributed by atoms with Crippen molar-refractivity contribution >= 4 is 17.7 Å². The Balaban J connectivity index is 2.20. The fraction of sp³-hybridized carbons (Fsp3) is 0.158. The van der Waals surface area contributed by atoms with E-state index < -0.39 is 0 Å². The molecule has 2 aromatic carbocycles. The molecular weight excluding hydrogens is 258 g/mol. The molecule has 3 rings (SSSR count). The number of hydrogen-bond donors (Lipinski definition) is 2. The van der Waals surface area contributed by atoms with Gasteiger partial charge in [0.25, 0.3) is 0 Å². The summed E-state index contributed by atoms with van der Waals surface area (Å²) >= 11 is 0. The van der Waals surface area contributed by atoms with Crippen molar-refractivity contribution < 1.29 is 5.11 Å². The van der Waals surface area contributed by atoms with Crippen LogP contribution in [-0.2, 0) is 0 Å². The fourth-order valence-electron chi connectivity index (χ4n) is 2.75. The summed E-state index contributed by atoms with van der Waals surface area (Å²) in [6.07, 6.45) is 7.28. The highest BCUT2D eigenvalue weighted by atomic mass is 16.3. The summed E-state index contributed by atoms with van der Waals surface area (Å²) in [5, 5.41) is 13.3. The highest BCUT2D eigenvalue weighted by Crippen LogP contribution is 2.37. The van der Waals surface area contributed by atoms with Crippen molar-refractivity contribution in [2.45, 2.75) is 6.42 Å². The van der Waals surface area contributed by atoms with Crippen LogP contribution in [0.15, 0.2) is 48.5 Å². The molecule has 0 heterocycles. The van der Waals surface area contributed by atoms with Crippen LogP contribution in [0.1, 0.15) is 28.7 Å². The molecule has 2 nitrogen and oxygen atoms in total. The van der Waals surface area contributed by atoms with Gasteiger partial charge in [0, 0.05) is 5.56 Å². The van der Waals surface area contributed by atoms with Gasteiger partial charge in [0.1, 0.15) is 5.75 Å². The smallest absolute Gasteiger partial charge is 0.123 e. The van der Waals surface area contributed by atoms with E-state index in [4.69, 9.17) is 0 Å². The molecule has 21 heavy (non-hydrogen) atoms. The zero-order valence-corrected chi connectivity index (χ0v) is 12.1. The molecule has 0 saturated heterocycles. The number of hydrogen-bond acceptors (Lipinski definition) is 2. The highest BCUT2D eigenvalue weighted by Gasteiger charge is 2.16.